The number of aryl methyl sites for hydroxylation is 1. The lowest BCUT2D eigenvalue weighted by Crippen LogP contribution is -2.46. The lowest BCUT2D eigenvalue weighted by Gasteiger charge is -2.29. The normalized spacial score (nSPS) is 21.4. The van der Waals surface area contributed by atoms with E-state index < -0.39 is 24.3 Å². The number of ether oxygens (including phenoxy) is 1. The molecule has 3 aromatic carbocycles. The van der Waals surface area contributed by atoms with E-state index in [0.29, 0.717) is 0 Å². The van der Waals surface area contributed by atoms with E-state index >= 15 is 0 Å². The van der Waals surface area contributed by atoms with Crippen LogP contribution in [0, 0.1) is 0 Å². The van der Waals surface area contributed by atoms with Crippen molar-refractivity contribution >= 4 is 18.1 Å². The molecule has 1 aliphatic heterocycles. The molecule has 3 atom stereocenters. The van der Waals surface area contributed by atoms with Crippen LogP contribution in [0.1, 0.15) is 53.5 Å². The molecule has 1 saturated heterocycles. The van der Waals surface area contributed by atoms with Gasteiger partial charge in [-0.2, -0.15) is 0 Å². The van der Waals surface area contributed by atoms with Gasteiger partial charge in [0.15, 0.2) is 0 Å². The number of rotatable bonds is 5. The van der Waals surface area contributed by atoms with Crippen molar-refractivity contribution in [2.24, 2.45) is 0 Å². The van der Waals surface area contributed by atoms with Crippen LogP contribution in [0.25, 0.3) is 11.1 Å². The molecule has 6 rings (SSSR count). The van der Waals surface area contributed by atoms with Crippen molar-refractivity contribution in [2.45, 2.75) is 49.7 Å². The smallest absolute Gasteiger partial charge is 0.408 e. The fraction of sp³-hybridized carbons (Fsp3) is 0.323. The van der Waals surface area contributed by atoms with Gasteiger partial charge in [0.05, 0.1) is 12.1 Å². The van der Waals surface area contributed by atoms with Gasteiger partial charge < -0.3 is 20.5 Å². The van der Waals surface area contributed by atoms with E-state index in [1.807, 2.05) is 42.5 Å². The molecule has 200 valence electrons. The predicted molar refractivity (Wildman–Crippen MR) is 145 cm³/mol. The molecular formula is C31H31N3O5. The van der Waals surface area contributed by atoms with E-state index in [0.717, 1.165) is 52.0 Å². The first kappa shape index (κ1) is 25.0. The quantitative estimate of drug-likeness (QED) is 0.442. The first-order valence-corrected chi connectivity index (χ1v) is 13.5. The molecule has 8 nitrogen and oxygen atoms in total. The third kappa shape index (κ3) is 4.82. The second kappa shape index (κ2) is 10.4. The average molecular weight is 526 g/mol. The summed E-state index contributed by atoms with van der Waals surface area (Å²) in [6.45, 7) is 0.194. The van der Waals surface area contributed by atoms with Gasteiger partial charge in [0.2, 0.25) is 5.91 Å². The van der Waals surface area contributed by atoms with Gasteiger partial charge in [-0.15, -0.1) is 0 Å². The zero-order valence-electron chi connectivity index (χ0n) is 21.5. The number of carbonyl (C=O) groups excluding carboxylic acids is 2. The third-order valence-corrected chi connectivity index (χ3v) is 8.20. The highest BCUT2D eigenvalue weighted by Crippen LogP contribution is 2.44. The van der Waals surface area contributed by atoms with Crippen LogP contribution in [0.2, 0.25) is 0 Å². The zero-order chi connectivity index (χ0) is 26.9. The minimum absolute atomic E-state index is 0.0267. The summed E-state index contributed by atoms with van der Waals surface area (Å²) in [5, 5.41) is 15.6. The molecule has 1 heterocycles. The Hall–Kier alpha value is -4.33. The Kier molecular flexibility index (Phi) is 6.69. The number of nitrogens with one attached hydrogen (secondary N) is 2. The maximum Gasteiger partial charge on any atom is 0.408 e. The average Bonchev–Trinajstić information content (AvgIpc) is 3.52. The molecule has 3 amide bonds. The fourth-order valence-electron chi connectivity index (χ4n) is 6.38. The summed E-state index contributed by atoms with van der Waals surface area (Å²) in [6.07, 6.45) is 1.13. The van der Waals surface area contributed by atoms with E-state index in [2.05, 4.69) is 41.0 Å². The summed E-state index contributed by atoms with van der Waals surface area (Å²) in [7, 11) is 0. The number of nitrogens with zero attached hydrogens (tertiary/aromatic N) is 1. The number of carboxylic acid groups (broad SMARTS) is 1. The Bertz CT molecular complexity index is 1380. The summed E-state index contributed by atoms with van der Waals surface area (Å²) in [5.74, 6) is -0.407. The maximum atomic E-state index is 13.2. The van der Waals surface area contributed by atoms with Gasteiger partial charge in [0.25, 0.3) is 0 Å². The first-order valence-electron chi connectivity index (χ1n) is 13.5. The van der Waals surface area contributed by atoms with Crippen molar-refractivity contribution in [3.8, 4) is 11.1 Å². The SMILES string of the molecule is O=C(N[C@H]1C[C@@H](C(=O)NC2CCCc3ccccc32)N(C(=O)O)C1)OCC1c2ccccc2-c2ccccc21. The van der Waals surface area contributed by atoms with Crippen molar-refractivity contribution in [1.29, 1.82) is 0 Å². The zero-order valence-corrected chi connectivity index (χ0v) is 21.5. The molecule has 3 aliphatic rings. The second-order valence-corrected chi connectivity index (χ2v) is 10.5. The Morgan fingerprint density at radius 1 is 0.872 bits per heavy atom. The number of carbonyl (C=O) groups is 3. The lowest BCUT2D eigenvalue weighted by atomic mass is 9.87. The molecule has 0 aromatic heterocycles. The van der Waals surface area contributed by atoms with Crippen LogP contribution in [0.3, 0.4) is 0 Å². The number of alkyl carbamates (subject to hydrolysis) is 1. The van der Waals surface area contributed by atoms with Crippen molar-refractivity contribution in [3.63, 3.8) is 0 Å². The van der Waals surface area contributed by atoms with E-state index in [1.165, 1.54) is 5.56 Å². The fourth-order valence-corrected chi connectivity index (χ4v) is 6.38. The van der Waals surface area contributed by atoms with E-state index in [4.69, 9.17) is 4.74 Å². The van der Waals surface area contributed by atoms with Gasteiger partial charge in [-0.05, 0) is 59.1 Å². The number of hydrogen-bond donors (Lipinski definition) is 3. The molecular weight excluding hydrogens is 494 g/mol. The van der Waals surface area contributed by atoms with Crippen LogP contribution < -0.4 is 10.6 Å². The monoisotopic (exact) mass is 525 g/mol. The van der Waals surface area contributed by atoms with Crippen LogP contribution in [-0.4, -0.2) is 53.3 Å². The van der Waals surface area contributed by atoms with E-state index in [9.17, 15) is 19.5 Å². The highest BCUT2D eigenvalue weighted by Gasteiger charge is 2.41. The standard InChI is InChI=1S/C31H31N3O5/c35-29(33-27-15-7-9-19-8-1-2-10-21(19)27)28-16-20(17-34(28)31(37)38)32-30(36)39-18-26-24-13-5-3-11-22(24)23-12-4-6-14-25(23)26/h1-6,8,10-14,20,26-28H,7,9,15-18H2,(H,32,36)(H,33,35)(H,37,38)/t20-,27?,28-/m0/s1. The number of hydrogen-bond acceptors (Lipinski definition) is 4. The second-order valence-electron chi connectivity index (χ2n) is 10.5. The Morgan fingerprint density at radius 2 is 1.51 bits per heavy atom. The van der Waals surface area contributed by atoms with Crippen LogP contribution in [-0.2, 0) is 16.0 Å². The summed E-state index contributed by atoms with van der Waals surface area (Å²) in [6, 6.07) is 22.7. The minimum atomic E-state index is -1.18. The van der Waals surface area contributed by atoms with Crippen LogP contribution >= 0.6 is 0 Å². The topological polar surface area (TPSA) is 108 Å². The molecule has 0 radical (unpaired) electrons. The van der Waals surface area contributed by atoms with Crippen molar-refractivity contribution < 1.29 is 24.2 Å². The van der Waals surface area contributed by atoms with Gasteiger partial charge in [-0.1, -0.05) is 72.8 Å². The summed E-state index contributed by atoms with van der Waals surface area (Å²) >= 11 is 0. The molecule has 0 spiro atoms. The summed E-state index contributed by atoms with van der Waals surface area (Å²) < 4.78 is 5.64. The number of amides is 3. The first-order chi connectivity index (χ1) is 19.0. The van der Waals surface area contributed by atoms with Gasteiger partial charge >= 0.3 is 12.2 Å². The molecule has 1 unspecified atom stereocenters. The van der Waals surface area contributed by atoms with Crippen molar-refractivity contribution in [1.82, 2.24) is 15.5 Å². The summed E-state index contributed by atoms with van der Waals surface area (Å²) in [4.78, 5) is 39.1. The molecule has 39 heavy (non-hydrogen) atoms. The van der Waals surface area contributed by atoms with Crippen LogP contribution in [0.15, 0.2) is 72.8 Å². The highest BCUT2D eigenvalue weighted by molar-refractivity contribution is 5.86. The molecule has 8 heteroatoms. The van der Waals surface area contributed by atoms with E-state index in [1.54, 1.807) is 0 Å². The minimum Gasteiger partial charge on any atom is -0.465 e. The van der Waals surface area contributed by atoms with Crippen molar-refractivity contribution in [2.75, 3.05) is 13.2 Å². The Balaban J connectivity index is 1.08. The van der Waals surface area contributed by atoms with E-state index in [-0.39, 0.29) is 37.4 Å². The van der Waals surface area contributed by atoms with Crippen molar-refractivity contribution in [3.05, 3.63) is 95.1 Å². The predicted octanol–water partition coefficient (Wildman–Crippen LogP) is 4.84. The Morgan fingerprint density at radius 3 is 2.21 bits per heavy atom. The number of benzene rings is 3. The van der Waals surface area contributed by atoms with Gasteiger partial charge in [-0.25, -0.2) is 9.59 Å². The van der Waals surface area contributed by atoms with Gasteiger partial charge in [-0.3, -0.25) is 9.69 Å². The molecule has 3 aromatic rings. The highest BCUT2D eigenvalue weighted by atomic mass is 16.5. The third-order valence-electron chi connectivity index (χ3n) is 8.20. The Labute approximate surface area is 227 Å². The molecule has 1 fully saturated rings. The van der Waals surface area contributed by atoms with Gasteiger partial charge in [0.1, 0.15) is 12.6 Å². The lowest BCUT2D eigenvalue weighted by molar-refractivity contribution is -0.125. The molecule has 3 N–H and O–H groups in total. The number of fused-ring (bicyclic) bond motifs is 4. The largest absolute Gasteiger partial charge is 0.465 e. The summed E-state index contributed by atoms with van der Waals surface area (Å²) in [5.41, 5.74) is 6.82. The van der Waals surface area contributed by atoms with Gasteiger partial charge in [0, 0.05) is 12.5 Å². The number of likely N-dealkylation sites (tertiary alicyclic amines) is 1. The molecule has 2 aliphatic carbocycles. The maximum absolute atomic E-state index is 13.2. The van der Waals surface area contributed by atoms with Crippen LogP contribution in [0.5, 0.6) is 0 Å². The molecule has 0 saturated carbocycles. The molecule has 0 bridgehead atoms. The van der Waals surface area contributed by atoms with Crippen LogP contribution in [0.4, 0.5) is 9.59 Å².